The van der Waals surface area contributed by atoms with Gasteiger partial charge in [0.15, 0.2) is 0 Å². The number of nitrogens with zero attached hydrogens (tertiary/aromatic N) is 15. The number of fused-ring (bicyclic) bond motifs is 21. The van der Waals surface area contributed by atoms with Crippen molar-refractivity contribution in [1.82, 2.24) is 57.1 Å². The molecule has 18 aromatic carbocycles. The molecule has 9 heterocycles. The summed E-state index contributed by atoms with van der Waals surface area (Å²) in [5.41, 5.74) is 45.0. The van der Waals surface area contributed by atoms with Gasteiger partial charge in [-0.15, -0.1) is 143 Å². The van der Waals surface area contributed by atoms with Crippen LogP contribution < -0.4 is 14.7 Å². The summed E-state index contributed by atoms with van der Waals surface area (Å²) in [6, 6.07) is 147. The SMILES string of the molecule is CN1C=CN(c2[c-]c(-n3c4[c-]c(-c5nc6ccccc6n5C)ccc4c4c(-c5ccc6c(c5)Cc5ccccc5-6)cccc43)ccc2)[CH-]1.CN1C=CN(c2[c-]c(-n3c4[c-]c(-c5nc6ccccc6n5C)ccc4c4cc(-c5ccc6c(c5)Cc5ccccc5-6)ccc43)ccc2)[CH-]1.CN1C=CN(c2[c-]c(-n3c4[c-]c(-c5nc6ccccc6n5C)ccc4c4ccc(-c5ccc6c(c5)Cc5ccccc5-6)cc43)ccc2)[CH-]1.[Pt].[Pt].[Pt]. The molecule has 0 saturated carbocycles. The maximum atomic E-state index is 5.03. The summed E-state index contributed by atoms with van der Waals surface area (Å²) in [5.74, 6) is 2.69. The number of imidazole rings is 3. The van der Waals surface area contributed by atoms with E-state index in [1.807, 2.05) is 72.6 Å². The van der Waals surface area contributed by atoms with Gasteiger partial charge in [0.2, 0.25) is 0 Å². The molecular formula is C129H90N15Pt3-9. The molecule has 0 saturated heterocycles. The van der Waals surface area contributed by atoms with E-state index >= 15 is 0 Å². The monoisotopic (exact) mass is 2430 g/mol. The maximum absolute atomic E-state index is 5.03. The average Bonchev–Trinajstić information content (AvgIpc) is 1.65. The predicted molar refractivity (Wildman–Crippen MR) is 587 cm³/mol. The summed E-state index contributed by atoms with van der Waals surface area (Å²) >= 11 is 0. The van der Waals surface area contributed by atoms with Crippen LogP contribution in [0.5, 0.6) is 0 Å². The zero-order valence-electron chi connectivity index (χ0n) is 80.9. The molecule has 6 aliphatic rings. The number of aryl methyl sites for hydroxylation is 3. The molecule has 0 spiro atoms. The van der Waals surface area contributed by atoms with Crippen LogP contribution in [0.25, 0.3) is 217 Å². The smallest absolute Gasteiger partial charge is 0.0770 e. The first-order chi connectivity index (χ1) is 70.8. The van der Waals surface area contributed by atoms with E-state index in [0.29, 0.717) is 0 Å². The van der Waals surface area contributed by atoms with Gasteiger partial charge in [-0.05, 0) is 265 Å². The molecule has 24 aromatic rings. The molecule has 0 radical (unpaired) electrons. The number of benzene rings is 18. The third-order valence-electron chi connectivity index (χ3n) is 29.7. The van der Waals surface area contributed by atoms with Crippen LogP contribution >= 0.6 is 0 Å². The van der Waals surface area contributed by atoms with Gasteiger partial charge < -0.3 is 56.8 Å². The first kappa shape index (κ1) is 92.0. The topological polar surface area (TPSA) is 87.7 Å². The minimum atomic E-state index is 0. The van der Waals surface area contributed by atoms with E-state index in [1.54, 1.807) is 0 Å². The summed E-state index contributed by atoms with van der Waals surface area (Å²) in [6.07, 6.45) is 15.2. The summed E-state index contributed by atoms with van der Waals surface area (Å²) in [7, 11) is 12.3. The first-order valence-electron chi connectivity index (χ1n) is 48.9. The van der Waals surface area contributed by atoms with Gasteiger partial charge in [0.25, 0.3) is 0 Å². The normalized spacial score (nSPS) is 13.4. The number of anilines is 3. The van der Waals surface area contributed by atoms with Crippen LogP contribution in [0.15, 0.2) is 383 Å². The van der Waals surface area contributed by atoms with Crippen molar-refractivity contribution in [3.63, 3.8) is 0 Å². The Kier molecular flexibility index (Phi) is 23.1. The molecule has 0 N–H and O–H groups in total. The number of aromatic nitrogens is 9. The van der Waals surface area contributed by atoms with Crippen LogP contribution in [-0.2, 0) is 104 Å². The van der Waals surface area contributed by atoms with Crippen LogP contribution in [-0.4, -0.2) is 78.2 Å². The minimum absolute atomic E-state index is 0. The molecule has 18 heteroatoms. The van der Waals surface area contributed by atoms with E-state index in [0.717, 1.165) is 170 Å². The second-order valence-electron chi connectivity index (χ2n) is 38.4. The van der Waals surface area contributed by atoms with Gasteiger partial charge in [-0.25, -0.2) is 0 Å². The van der Waals surface area contributed by atoms with Crippen LogP contribution in [0.3, 0.4) is 0 Å². The van der Waals surface area contributed by atoms with E-state index in [4.69, 9.17) is 15.0 Å². The summed E-state index contributed by atoms with van der Waals surface area (Å²) < 4.78 is 13.4. The quantitative estimate of drug-likeness (QED) is 0.111. The summed E-state index contributed by atoms with van der Waals surface area (Å²) in [4.78, 5) is 27.5. The number of hydrogen-bond acceptors (Lipinski definition) is 9. The van der Waals surface area contributed by atoms with Crippen molar-refractivity contribution in [3.05, 3.63) is 473 Å². The van der Waals surface area contributed by atoms with Gasteiger partial charge in [-0.1, -0.05) is 233 Å². The fourth-order valence-corrected chi connectivity index (χ4v) is 22.7. The van der Waals surface area contributed by atoms with Gasteiger partial charge in [0.05, 0.1) is 50.6 Å². The van der Waals surface area contributed by atoms with Gasteiger partial charge in [0.1, 0.15) is 0 Å². The Labute approximate surface area is 895 Å². The molecule has 0 unspecified atom stereocenters. The molecule has 6 aromatic heterocycles. The van der Waals surface area contributed by atoms with E-state index in [2.05, 4.69) is 466 Å². The van der Waals surface area contributed by atoms with Crippen LogP contribution in [0, 0.1) is 56.4 Å². The molecule has 3 aliphatic carbocycles. The van der Waals surface area contributed by atoms with Crippen molar-refractivity contribution in [2.45, 2.75) is 19.3 Å². The molecule has 3 aliphatic heterocycles. The van der Waals surface area contributed by atoms with Crippen molar-refractivity contribution in [2.24, 2.45) is 21.1 Å². The molecule has 0 amide bonds. The first-order valence-corrected chi connectivity index (χ1v) is 48.9. The van der Waals surface area contributed by atoms with Gasteiger partial charge >= 0.3 is 0 Å². The molecule has 30 rings (SSSR count). The van der Waals surface area contributed by atoms with Gasteiger partial charge in [-0.3, -0.25) is 15.0 Å². The third-order valence-corrected chi connectivity index (χ3v) is 29.7. The summed E-state index contributed by atoms with van der Waals surface area (Å²) in [5, 5.41) is 7.02. The van der Waals surface area contributed by atoms with Crippen molar-refractivity contribution < 1.29 is 63.2 Å². The Hall–Kier alpha value is -16.1. The molecular weight excluding hydrogens is 2340 g/mol. The number of rotatable bonds is 12. The predicted octanol–water partition coefficient (Wildman–Crippen LogP) is 28.5. The molecule has 0 atom stereocenters. The maximum Gasteiger partial charge on any atom is 0.0770 e. The van der Waals surface area contributed by atoms with Crippen LogP contribution in [0.1, 0.15) is 33.4 Å². The molecule has 0 bridgehead atoms. The molecule has 0 fully saturated rings. The Morgan fingerprint density at radius 3 is 0.980 bits per heavy atom. The van der Waals surface area contributed by atoms with Crippen molar-refractivity contribution >= 4 is 116 Å². The largest absolute Gasteiger partial charge is 0.510 e. The minimum Gasteiger partial charge on any atom is -0.510 e. The van der Waals surface area contributed by atoms with Crippen molar-refractivity contribution in [2.75, 3.05) is 35.8 Å². The zero-order chi connectivity index (χ0) is 95.8. The van der Waals surface area contributed by atoms with Crippen molar-refractivity contribution in [3.8, 4) is 118 Å². The van der Waals surface area contributed by atoms with E-state index in [-0.39, 0.29) is 63.2 Å². The standard InChI is InChI=1S/3C43H30N5.3Pt/c1-45-21-22-47(27-45)32-10-7-11-33(26-32)48-40-16-8-13-36(29-17-19-35-31(24-29)23-28-9-3-4-12-34(28)35)42(40)37-20-18-30(25-41(37)48)43-44-38-14-5-6-15-39(38)46(43)2;1-45-20-21-47(27-45)33-9-7-10-34(26-33)48-40-19-16-29(28-14-17-36-32(22-28)23-30-8-3-4-11-35(30)36)24-38(40)37-18-15-31(25-42(37)48)43-44-39-12-5-6-13-41(39)46(43)2;1-45-20-21-47(27-45)33-9-7-10-34(26-33)48-41-24-29(28-14-17-36-32(22-28)23-30-8-3-4-11-35(30)36)15-18-37(41)38-19-16-31(25-42(38)48)43-44-39-12-5-6-13-40(39)46(43)2;;;/h3*3-22,24,27H,23H2,1-2H3;;;/q3*-3;;;. The summed E-state index contributed by atoms with van der Waals surface area (Å²) in [6.45, 7) is 6.17. The third kappa shape index (κ3) is 15.6. The van der Waals surface area contributed by atoms with E-state index in [9.17, 15) is 0 Å². The Balaban J connectivity index is 0.000000114. The fourth-order valence-electron chi connectivity index (χ4n) is 22.7. The molecule has 720 valence electrons. The Morgan fingerprint density at radius 2 is 0.544 bits per heavy atom. The van der Waals surface area contributed by atoms with Crippen LogP contribution in [0.2, 0.25) is 0 Å². The Bertz CT molecular complexity index is 9450. The van der Waals surface area contributed by atoms with Crippen LogP contribution in [0.4, 0.5) is 17.1 Å². The van der Waals surface area contributed by atoms with Gasteiger partial charge in [0, 0.05) is 101 Å². The molecule has 15 nitrogen and oxygen atoms in total. The van der Waals surface area contributed by atoms with Crippen molar-refractivity contribution in [1.29, 1.82) is 0 Å². The second kappa shape index (κ2) is 36.9. The fraction of sp³-hybridized carbons (Fsp3) is 0.0698. The average molecular weight is 2440 g/mol. The van der Waals surface area contributed by atoms with E-state index in [1.165, 1.54) is 116 Å². The number of hydrogen-bond donors (Lipinski definition) is 0. The van der Waals surface area contributed by atoms with Gasteiger partial charge in [-0.2, -0.15) is 38.2 Å². The van der Waals surface area contributed by atoms with E-state index < -0.39 is 0 Å². The Morgan fingerprint density at radius 1 is 0.224 bits per heavy atom. The number of para-hydroxylation sites is 6. The second-order valence-corrected chi connectivity index (χ2v) is 38.4. The zero-order valence-corrected chi connectivity index (χ0v) is 87.7. The molecule has 147 heavy (non-hydrogen) atoms.